The molecule has 2 N–H and O–H groups in total. The van der Waals surface area contributed by atoms with Crippen LogP contribution in [0.25, 0.3) is 0 Å². The van der Waals surface area contributed by atoms with Crippen LogP contribution < -0.4 is 5.73 Å². The highest BCUT2D eigenvalue weighted by molar-refractivity contribution is 7.11. The summed E-state index contributed by atoms with van der Waals surface area (Å²) in [5.41, 5.74) is 8.07. The van der Waals surface area contributed by atoms with Crippen molar-refractivity contribution in [1.29, 1.82) is 0 Å². The molecule has 0 unspecified atom stereocenters. The van der Waals surface area contributed by atoms with Crippen LogP contribution in [-0.4, -0.2) is 4.98 Å². The Morgan fingerprint density at radius 1 is 1.28 bits per heavy atom. The maximum Gasteiger partial charge on any atom is 0.0975 e. The van der Waals surface area contributed by atoms with Gasteiger partial charge in [-0.25, -0.2) is 4.98 Å². The summed E-state index contributed by atoms with van der Waals surface area (Å²) < 4.78 is 0. The van der Waals surface area contributed by atoms with E-state index in [9.17, 15) is 0 Å². The zero-order valence-corrected chi connectivity index (χ0v) is 12.4. The van der Waals surface area contributed by atoms with Gasteiger partial charge in [-0.15, -0.1) is 11.3 Å². The van der Waals surface area contributed by atoms with Crippen molar-refractivity contribution < 1.29 is 0 Å². The quantitative estimate of drug-likeness (QED) is 0.926. The molecule has 1 heterocycles. The number of halogens is 1. The summed E-state index contributed by atoms with van der Waals surface area (Å²) in [6, 6.07) is 7.88. The lowest BCUT2D eigenvalue weighted by Crippen LogP contribution is -2.28. The molecule has 4 heteroatoms. The van der Waals surface area contributed by atoms with Crippen LogP contribution in [0.1, 0.15) is 35.0 Å². The molecule has 0 fully saturated rings. The van der Waals surface area contributed by atoms with E-state index in [0.717, 1.165) is 27.0 Å². The van der Waals surface area contributed by atoms with Gasteiger partial charge in [-0.2, -0.15) is 0 Å². The fraction of sp³-hybridized carbons (Fsp3) is 0.357. The fourth-order valence-electron chi connectivity index (χ4n) is 1.90. The Morgan fingerprint density at radius 3 is 2.39 bits per heavy atom. The van der Waals surface area contributed by atoms with E-state index in [2.05, 4.69) is 4.98 Å². The number of hydrogen-bond donors (Lipinski definition) is 1. The third-order valence-corrected chi connectivity index (χ3v) is 4.44. The Morgan fingerprint density at radius 2 is 1.89 bits per heavy atom. The second-order valence-corrected chi connectivity index (χ2v) is 6.57. The second-order valence-electron chi connectivity index (χ2n) is 5.05. The maximum atomic E-state index is 6.14. The van der Waals surface area contributed by atoms with Crippen molar-refractivity contribution in [3.63, 3.8) is 0 Å². The van der Waals surface area contributed by atoms with E-state index < -0.39 is 0 Å². The summed E-state index contributed by atoms with van der Waals surface area (Å²) >= 11 is 7.57. The van der Waals surface area contributed by atoms with Crippen LogP contribution in [0.3, 0.4) is 0 Å². The van der Waals surface area contributed by atoms with Crippen LogP contribution in [0, 0.1) is 6.92 Å². The van der Waals surface area contributed by atoms with E-state index in [1.807, 2.05) is 45.0 Å². The molecule has 0 saturated heterocycles. The zero-order valence-electron chi connectivity index (χ0n) is 10.8. The number of aryl methyl sites for hydroxylation is 1. The minimum Gasteiger partial charge on any atom is -0.321 e. The first kappa shape index (κ1) is 13.5. The summed E-state index contributed by atoms with van der Waals surface area (Å²) in [5.74, 6) is 0. The molecule has 96 valence electrons. The molecule has 0 bridgehead atoms. The van der Waals surface area contributed by atoms with Gasteiger partial charge in [-0.3, -0.25) is 0 Å². The largest absolute Gasteiger partial charge is 0.321 e. The van der Waals surface area contributed by atoms with Crippen molar-refractivity contribution in [2.45, 2.75) is 32.7 Å². The van der Waals surface area contributed by atoms with E-state index in [1.165, 1.54) is 5.56 Å². The van der Waals surface area contributed by atoms with Crippen molar-refractivity contribution in [2.24, 2.45) is 5.73 Å². The first-order valence-corrected chi connectivity index (χ1v) is 7.06. The van der Waals surface area contributed by atoms with E-state index in [1.54, 1.807) is 11.3 Å². The molecule has 1 aromatic heterocycles. The van der Waals surface area contributed by atoms with Gasteiger partial charge in [0.25, 0.3) is 0 Å². The van der Waals surface area contributed by atoms with Crippen LogP contribution in [0.5, 0.6) is 0 Å². The van der Waals surface area contributed by atoms with Gasteiger partial charge in [0.2, 0.25) is 0 Å². The van der Waals surface area contributed by atoms with Crippen molar-refractivity contribution in [2.75, 3.05) is 0 Å². The van der Waals surface area contributed by atoms with Crippen molar-refractivity contribution in [3.05, 3.63) is 50.4 Å². The van der Waals surface area contributed by atoms with Gasteiger partial charge in [-0.05, 0) is 38.5 Å². The Bertz CT molecular complexity index is 538. The topological polar surface area (TPSA) is 38.9 Å². The molecule has 0 radical (unpaired) electrons. The summed E-state index contributed by atoms with van der Waals surface area (Å²) in [7, 11) is 0. The molecule has 0 atom stereocenters. The number of nitrogens with two attached hydrogens (primary N) is 1. The normalized spacial score (nSPS) is 11.8. The Balaban J connectivity index is 2.23. The average Bonchev–Trinajstić information content (AvgIpc) is 2.63. The molecule has 0 aliphatic heterocycles. The molecule has 2 aromatic rings. The van der Waals surface area contributed by atoms with E-state index in [0.29, 0.717) is 0 Å². The Labute approximate surface area is 117 Å². The number of aromatic nitrogens is 1. The average molecular weight is 281 g/mol. The third-order valence-electron chi connectivity index (χ3n) is 2.69. The standard InChI is InChI=1S/C14H17ClN2S/c1-9-13(14(2,3)16)18-12(17-9)8-10-4-6-11(15)7-5-10/h4-7H,8,16H2,1-3H3. The summed E-state index contributed by atoms with van der Waals surface area (Å²) in [6.07, 6.45) is 0.832. The molecule has 0 aliphatic carbocycles. The highest BCUT2D eigenvalue weighted by atomic mass is 35.5. The lowest BCUT2D eigenvalue weighted by molar-refractivity contribution is 0.562. The summed E-state index contributed by atoms with van der Waals surface area (Å²) in [5, 5.41) is 1.86. The molecule has 0 spiro atoms. The first-order chi connectivity index (χ1) is 8.36. The zero-order chi connectivity index (χ0) is 13.3. The van der Waals surface area contributed by atoms with Crippen LogP contribution in [0.4, 0.5) is 0 Å². The maximum absolute atomic E-state index is 6.14. The molecule has 1 aromatic carbocycles. The molecule has 2 nitrogen and oxygen atoms in total. The molecular weight excluding hydrogens is 264 g/mol. The fourth-order valence-corrected chi connectivity index (χ4v) is 3.14. The molecule has 0 saturated carbocycles. The number of benzene rings is 1. The van der Waals surface area contributed by atoms with Crippen molar-refractivity contribution >= 4 is 22.9 Å². The van der Waals surface area contributed by atoms with Gasteiger partial charge in [0.15, 0.2) is 0 Å². The predicted molar refractivity (Wildman–Crippen MR) is 78.3 cm³/mol. The van der Waals surface area contributed by atoms with Crippen LogP contribution in [0.15, 0.2) is 24.3 Å². The number of thiazole rings is 1. The lowest BCUT2D eigenvalue weighted by atomic mass is 10.0. The predicted octanol–water partition coefficient (Wildman–Crippen LogP) is 3.89. The van der Waals surface area contributed by atoms with Crippen LogP contribution >= 0.6 is 22.9 Å². The SMILES string of the molecule is Cc1nc(Cc2ccc(Cl)cc2)sc1C(C)(C)N. The number of nitrogens with zero attached hydrogens (tertiary/aromatic N) is 1. The van der Waals surface area contributed by atoms with Gasteiger partial charge >= 0.3 is 0 Å². The van der Waals surface area contributed by atoms with E-state index in [-0.39, 0.29) is 5.54 Å². The van der Waals surface area contributed by atoms with E-state index in [4.69, 9.17) is 17.3 Å². The monoisotopic (exact) mass is 280 g/mol. The van der Waals surface area contributed by atoms with Crippen molar-refractivity contribution in [1.82, 2.24) is 4.98 Å². The highest BCUT2D eigenvalue weighted by Crippen LogP contribution is 2.29. The summed E-state index contributed by atoms with van der Waals surface area (Å²) in [6.45, 7) is 6.05. The second kappa shape index (κ2) is 5.00. The van der Waals surface area contributed by atoms with Gasteiger partial charge < -0.3 is 5.73 Å². The van der Waals surface area contributed by atoms with Gasteiger partial charge in [-0.1, -0.05) is 23.7 Å². The molecule has 2 rings (SSSR count). The van der Waals surface area contributed by atoms with Gasteiger partial charge in [0.1, 0.15) is 0 Å². The highest BCUT2D eigenvalue weighted by Gasteiger charge is 2.21. The minimum atomic E-state index is -0.319. The Hall–Kier alpha value is -0.900. The molecule has 0 amide bonds. The third kappa shape index (κ3) is 3.10. The molecular formula is C14H17ClN2S. The first-order valence-electron chi connectivity index (χ1n) is 5.86. The molecule has 18 heavy (non-hydrogen) atoms. The number of rotatable bonds is 3. The minimum absolute atomic E-state index is 0.319. The van der Waals surface area contributed by atoms with Crippen LogP contribution in [-0.2, 0) is 12.0 Å². The smallest absolute Gasteiger partial charge is 0.0975 e. The Kier molecular flexibility index (Phi) is 3.76. The summed E-state index contributed by atoms with van der Waals surface area (Å²) in [4.78, 5) is 5.76. The van der Waals surface area contributed by atoms with Crippen molar-refractivity contribution in [3.8, 4) is 0 Å². The van der Waals surface area contributed by atoms with Gasteiger partial charge in [0.05, 0.1) is 10.7 Å². The van der Waals surface area contributed by atoms with E-state index >= 15 is 0 Å². The van der Waals surface area contributed by atoms with Crippen LogP contribution in [0.2, 0.25) is 5.02 Å². The molecule has 0 aliphatic rings. The number of hydrogen-bond acceptors (Lipinski definition) is 3. The van der Waals surface area contributed by atoms with Gasteiger partial charge in [0, 0.05) is 21.9 Å². The lowest BCUT2D eigenvalue weighted by Gasteiger charge is -2.16.